The van der Waals surface area contributed by atoms with Crippen LogP contribution >= 0.6 is 0 Å². The van der Waals surface area contributed by atoms with Crippen molar-refractivity contribution >= 4 is 23.9 Å². The van der Waals surface area contributed by atoms with E-state index in [0.717, 1.165) is 22.3 Å². The standard InChI is InChI=1S/C25H24N2O4/c28-24(29)27-23-17-19(14-15-22(23)21-12-5-2-6-13-21)9-7-8-16-26-25(30)31-18-20-10-3-1-4-11-20/h1-7,9-15,17,27H,8,16,18H2,(H,26,30)(H,28,29)/b9-7+. The Morgan fingerprint density at radius 3 is 2.35 bits per heavy atom. The van der Waals surface area contributed by atoms with Crippen molar-refractivity contribution < 1.29 is 19.4 Å². The molecular weight excluding hydrogens is 392 g/mol. The van der Waals surface area contributed by atoms with Crippen LogP contribution in [0.3, 0.4) is 0 Å². The molecule has 0 aliphatic heterocycles. The Hall–Kier alpha value is -4.06. The molecule has 0 heterocycles. The highest BCUT2D eigenvalue weighted by atomic mass is 16.5. The van der Waals surface area contributed by atoms with E-state index in [1.165, 1.54) is 0 Å². The molecule has 3 aromatic rings. The number of ether oxygens (including phenoxy) is 1. The Morgan fingerprint density at radius 2 is 1.65 bits per heavy atom. The van der Waals surface area contributed by atoms with Crippen LogP contribution in [0.2, 0.25) is 0 Å². The Bertz CT molecular complexity index is 1030. The van der Waals surface area contributed by atoms with Crippen LogP contribution in [0.4, 0.5) is 15.3 Å². The van der Waals surface area contributed by atoms with E-state index in [2.05, 4.69) is 10.6 Å². The molecule has 0 aliphatic rings. The van der Waals surface area contributed by atoms with Crippen LogP contribution in [-0.2, 0) is 11.3 Å². The Morgan fingerprint density at radius 1 is 0.935 bits per heavy atom. The molecule has 3 N–H and O–H groups in total. The first-order valence-electron chi connectivity index (χ1n) is 9.92. The van der Waals surface area contributed by atoms with E-state index < -0.39 is 12.2 Å². The number of amides is 2. The van der Waals surface area contributed by atoms with Gasteiger partial charge in [0, 0.05) is 12.1 Å². The van der Waals surface area contributed by atoms with E-state index in [4.69, 9.17) is 9.84 Å². The van der Waals surface area contributed by atoms with Crippen LogP contribution in [0.1, 0.15) is 17.5 Å². The first-order valence-corrected chi connectivity index (χ1v) is 9.92. The third kappa shape index (κ3) is 7.04. The zero-order chi connectivity index (χ0) is 21.9. The van der Waals surface area contributed by atoms with Crippen molar-refractivity contribution in [2.24, 2.45) is 0 Å². The van der Waals surface area contributed by atoms with Gasteiger partial charge in [0.1, 0.15) is 6.61 Å². The lowest BCUT2D eigenvalue weighted by atomic mass is 10.0. The topological polar surface area (TPSA) is 87.7 Å². The maximum absolute atomic E-state index is 11.7. The summed E-state index contributed by atoms with van der Waals surface area (Å²) in [7, 11) is 0. The Balaban J connectivity index is 1.52. The second kappa shape index (κ2) is 11.2. The van der Waals surface area contributed by atoms with E-state index in [1.54, 1.807) is 6.07 Å². The maximum Gasteiger partial charge on any atom is 0.409 e. The Labute approximate surface area is 181 Å². The van der Waals surface area contributed by atoms with Gasteiger partial charge < -0.3 is 15.2 Å². The number of carboxylic acid groups (broad SMARTS) is 1. The number of carbonyl (C=O) groups is 2. The van der Waals surface area contributed by atoms with E-state index in [-0.39, 0.29) is 6.61 Å². The molecule has 3 rings (SSSR count). The lowest BCUT2D eigenvalue weighted by Gasteiger charge is -2.10. The molecule has 6 heteroatoms. The molecule has 158 valence electrons. The summed E-state index contributed by atoms with van der Waals surface area (Å²) in [5.74, 6) is 0. The van der Waals surface area contributed by atoms with Gasteiger partial charge in [0.15, 0.2) is 0 Å². The molecule has 0 saturated carbocycles. The van der Waals surface area contributed by atoms with Gasteiger partial charge in [-0.3, -0.25) is 5.32 Å². The summed E-state index contributed by atoms with van der Waals surface area (Å²) in [6.07, 6.45) is 2.84. The van der Waals surface area contributed by atoms with Crippen molar-refractivity contribution in [2.45, 2.75) is 13.0 Å². The fraction of sp³-hybridized carbons (Fsp3) is 0.120. The molecular formula is C25H24N2O4. The minimum absolute atomic E-state index is 0.232. The highest BCUT2D eigenvalue weighted by Crippen LogP contribution is 2.29. The van der Waals surface area contributed by atoms with Gasteiger partial charge in [-0.25, -0.2) is 9.59 Å². The molecule has 0 spiro atoms. The van der Waals surface area contributed by atoms with Crippen LogP contribution in [-0.4, -0.2) is 23.8 Å². The van der Waals surface area contributed by atoms with E-state index in [1.807, 2.05) is 84.9 Å². The van der Waals surface area contributed by atoms with Crippen molar-refractivity contribution in [3.8, 4) is 11.1 Å². The van der Waals surface area contributed by atoms with Gasteiger partial charge in [-0.15, -0.1) is 0 Å². The van der Waals surface area contributed by atoms with Gasteiger partial charge in [0.05, 0.1) is 5.69 Å². The predicted octanol–water partition coefficient (Wildman–Crippen LogP) is 5.77. The molecule has 0 aliphatic carbocycles. The minimum Gasteiger partial charge on any atom is -0.465 e. The SMILES string of the molecule is O=C(O)Nc1cc(/C=C/CCNC(=O)OCc2ccccc2)ccc1-c1ccccc1. The number of anilines is 1. The second-order valence-corrected chi connectivity index (χ2v) is 6.78. The largest absolute Gasteiger partial charge is 0.465 e. The number of nitrogens with one attached hydrogen (secondary N) is 2. The molecule has 6 nitrogen and oxygen atoms in total. The highest BCUT2D eigenvalue weighted by molar-refractivity contribution is 5.91. The van der Waals surface area contributed by atoms with Crippen LogP contribution in [0.5, 0.6) is 0 Å². The first kappa shape index (κ1) is 21.6. The maximum atomic E-state index is 11.7. The Kier molecular flexibility index (Phi) is 7.83. The molecule has 0 saturated heterocycles. The fourth-order valence-electron chi connectivity index (χ4n) is 3.00. The van der Waals surface area contributed by atoms with E-state index in [0.29, 0.717) is 18.7 Å². The van der Waals surface area contributed by atoms with Gasteiger partial charge in [-0.05, 0) is 29.2 Å². The molecule has 0 atom stereocenters. The van der Waals surface area contributed by atoms with Crippen LogP contribution in [0.25, 0.3) is 17.2 Å². The number of hydrogen-bond donors (Lipinski definition) is 3. The summed E-state index contributed by atoms with van der Waals surface area (Å²) in [5, 5.41) is 14.3. The zero-order valence-electron chi connectivity index (χ0n) is 17.0. The van der Waals surface area contributed by atoms with Crippen molar-refractivity contribution in [3.05, 3.63) is 96.1 Å². The summed E-state index contributed by atoms with van der Waals surface area (Å²) >= 11 is 0. The van der Waals surface area contributed by atoms with Crippen molar-refractivity contribution in [2.75, 3.05) is 11.9 Å². The third-order valence-corrected chi connectivity index (χ3v) is 4.47. The quantitative estimate of drug-likeness (QED) is 0.407. The molecule has 3 aromatic carbocycles. The molecule has 0 aromatic heterocycles. The van der Waals surface area contributed by atoms with Gasteiger partial charge in [-0.2, -0.15) is 0 Å². The van der Waals surface area contributed by atoms with E-state index in [9.17, 15) is 9.59 Å². The zero-order valence-corrected chi connectivity index (χ0v) is 17.0. The summed E-state index contributed by atoms with van der Waals surface area (Å²) in [4.78, 5) is 22.9. The number of carbonyl (C=O) groups excluding carboxylic acids is 1. The highest BCUT2D eigenvalue weighted by Gasteiger charge is 2.08. The summed E-state index contributed by atoms with van der Waals surface area (Å²) in [6.45, 7) is 0.669. The van der Waals surface area contributed by atoms with Crippen LogP contribution < -0.4 is 10.6 Å². The lowest BCUT2D eigenvalue weighted by molar-refractivity contribution is 0.140. The van der Waals surface area contributed by atoms with Crippen molar-refractivity contribution in [3.63, 3.8) is 0 Å². The normalized spacial score (nSPS) is 10.6. The minimum atomic E-state index is -1.11. The summed E-state index contributed by atoms with van der Waals surface area (Å²) < 4.78 is 5.16. The lowest BCUT2D eigenvalue weighted by Crippen LogP contribution is -2.24. The number of benzene rings is 3. The average Bonchev–Trinajstić information content (AvgIpc) is 2.78. The molecule has 0 bridgehead atoms. The van der Waals surface area contributed by atoms with Crippen molar-refractivity contribution in [1.82, 2.24) is 5.32 Å². The van der Waals surface area contributed by atoms with Crippen molar-refractivity contribution in [1.29, 1.82) is 0 Å². The first-order chi connectivity index (χ1) is 15.1. The smallest absolute Gasteiger partial charge is 0.409 e. The third-order valence-electron chi connectivity index (χ3n) is 4.47. The monoisotopic (exact) mass is 416 g/mol. The second-order valence-electron chi connectivity index (χ2n) is 6.78. The van der Waals surface area contributed by atoms with E-state index >= 15 is 0 Å². The number of hydrogen-bond acceptors (Lipinski definition) is 3. The predicted molar refractivity (Wildman–Crippen MR) is 122 cm³/mol. The molecule has 0 radical (unpaired) electrons. The average molecular weight is 416 g/mol. The summed E-state index contributed by atoms with van der Waals surface area (Å²) in [5.41, 5.74) is 4.05. The van der Waals surface area contributed by atoms with Gasteiger partial charge >= 0.3 is 12.2 Å². The molecule has 2 amide bonds. The fourth-order valence-corrected chi connectivity index (χ4v) is 3.00. The molecule has 0 fully saturated rings. The van der Waals surface area contributed by atoms with Gasteiger partial charge in [0.2, 0.25) is 0 Å². The number of rotatable bonds is 8. The molecule has 0 unspecified atom stereocenters. The van der Waals surface area contributed by atoms with Gasteiger partial charge in [-0.1, -0.05) is 84.9 Å². The van der Waals surface area contributed by atoms with Crippen LogP contribution in [0.15, 0.2) is 84.9 Å². The summed E-state index contributed by atoms with van der Waals surface area (Å²) in [6, 6.07) is 24.7. The van der Waals surface area contributed by atoms with Crippen LogP contribution in [0, 0.1) is 0 Å². The molecule has 31 heavy (non-hydrogen) atoms. The van der Waals surface area contributed by atoms with Gasteiger partial charge in [0.25, 0.3) is 0 Å². The number of alkyl carbamates (subject to hydrolysis) is 1.